The molecule has 0 saturated carbocycles. The van der Waals surface area contributed by atoms with Gasteiger partial charge < -0.3 is 14.2 Å². The van der Waals surface area contributed by atoms with Gasteiger partial charge in [0.2, 0.25) is 0 Å². The summed E-state index contributed by atoms with van der Waals surface area (Å²) in [5, 5.41) is 0. The van der Waals surface area contributed by atoms with Gasteiger partial charge in [0.15, 0.2) is 0 Å². The van der Waals surface area contributed by atoms with E-state index in [-0.39, 0.29) is 13.0 Å². The van der Waals surface area contributed by atoms with Crippen LogP contribution in [0.5, 0.6) is 0 Å². The molecule has 0 amide bonds. The predicted molar refractivity (Wildman–Crippen MR) is 58.0 cm³/mol. The van der Waals surface area contributed by atoms with Crippen LogP contribution in [0.4, 0.5) is 0 Å². The maximum atomic E-state index is 11.3. The van der Waals surface area contributed by atoms with Gasteiger partial charge in [-0.15, -0.1) is 0 Å². The highest BCUT2D eigenvalue weighted by Gasteiger charge is 2.30. The highest BCUT2D eigenvalue weighted by Crippen LogP contribution is 2.14. The molecule has 0 rings (SSSR count). The molecule has 0 unspecified atom stereocenters. The summed E-state index contributed by atoms with van der Waals surface area (Å²) < 4.78 is 14.2. The van der Waals surface area contributed by atoms with Gasteiger partial charge in [0.25, 0.3) is 0 Å². The van der Waals surface area contributed by atoms with Crippen LogP contribution >= 0.6 is 0 Å². The van der Waals surface area contributed by atoms with E-state index in [0.29, 0.717) is 0 Å². The Morgan fingerprint density at radius 1 is 1.24 bits per heavy atom. The number of esters is 3. The molecule has 0 aromatic carbocycles. The molecule has 0 aliphatic carbocycles. The fourth-order valence-corrected chi connectivity index (χ4v) is 1.26. The minimum Gasteiger partial charge on any atom is -0.469 e. The Bertz CT molecular complexity index is 286. The second-order valence-corrected chi connectivity index (χ2v) is 3.47. The molecule has 0 heterocycles. The van der Waals surface area contributed by atoms with Gasteiger partial charge >= 0.3 is 17.9 Å². The summed E-state index contributed by atoms with van der Waals surface area (Å²) in [6.45, 7) is 4.64. The first kappa shape index (κ1) is 15.4. The molecule has 0 aliphatic heterocycles. The average Bonchev–Trinajstić information content (AvgIpc) is 2.25. The molecule has 0 bridgehead atoms. The lowest BCUT2D eigenvalue weighted by Gasteiger charge is -2.20. The van der Waals surface area contributed by atoms with Crippen molar-refractivity contribution in [1.29, 1.82) is 0 Å². The molecule has 2 atom stereocenters. The summed E-state index contributed by atoms with van der Waals surface area (Å²) in [5.74, 6) is -2.33. The largest absolute Gasteiger partial charge is 0.469 e. The fourth-order valence-electron chi connectivity index (χ4n) is 1.26. The van der Waals surface area contributed by atoms with Gasteiger partial charge in [0, 0.05) is 6.92 Å². The molecule has 0 saturated heterocycles. The van der Waals surface area contributed by atoms with E-state index in [2.05, 4.69) is 4.74 Å². The Balaban J connectivity index is 4.57. The molecule has 0 aromatic rings. The van der Waals surface area contributed by atoms with Gasteiger partial charge in [0.1, 0.15) is 6.10 Å². The third-order valence-corrected chi connectivity index (χ3v) is 2.12. The van der Waals surface area contributed by atoms with E-state index in [0.717, 1.165) is 0 Å². The van der Waals surface area contributed by atoms with Gasteiger partial charge in [-0.2, -0.15) is 0 Å². The summed E-state index contributed by atoms with van der Waals surface area (Å²) in [5.41, 5.74) is 0. The summed E-state index contributed by atoms with van der Waals surface area (Å²) in [7, 11) is 1.23. The summed E-state index contributed by atoms with van der Waals surface area (Å²) in [6.07, 6.45) is -1.03. The first-order valence-corrected chi connectivity index (χ1v) is 5.33. The molecule has 0 N–H and O–H groups in total. The lowest BCUT2D eigenvalue weighted by Crippen LogP contribution is -2.33. The Hall–Kier alpha value is -1.59. The number of hydrogen-bond acceptors (Lipinski definition) is 6. The van der Waals surface area contributed by atoms with Crippen molar-refractivity contribution in [2.75, 3.05) is 13.7 Å². The fraction of sp³-hybridized carbons (Fsp3) is 0.727. The highest BCUT2D eigenvalue weighted by molar-refractivity contribution is 5.76. The van der Waals surface area contributed by atoms with Crippen LogP contribution in [-0.4, -0.2) is 37.7 Å². The van der Waals surface area contributed by atoms with E-state index in [1.807, 2.05) is 0 Å². The number of carbonyl (C=O) groups excluding carboxylic acids is 3. The molecule has 98 valence electrons. The van der Waals surface area contributed by atoms with E-state index in [1.165, 1.54) is 21.0 Å². The molecular weight excluding hydrogens is 228 g/mol. The number of hydrogen-bond donors (Lipinski definition) is 0. The van der Waals surface area contributed by atoms with Gasteiger partial charge in [-0.1, -0.05) is 0 Å². The first-order chi connectivity index (χ1) is 7.92. The first-order valence-electron chi connectivity index (χ1n) is 5.33. The lowest BCUT2D eigenvalue weighted by molar-refractivity contribution is -0.162. The number of rotatable bonds is 6. The van der Waals surface area contributed by atoms with Crippen molar-refractivity contribution in [3.05, 3.63) is 0 Å². The average molecular weight is 246 g/mol. The van der Waals surface area contributed by atoms with Gasteiger partial charge in [-0.05, 0) is 13.8 Å². The van der Waals surface area contributed by atoms with Crippen molar-refractivity contribution in [2.45, 2.75) is 33.3 Å². The maximum Gasteiger partial charge on any atom is 0.312 e. The van der Waals surface area contributed by atoms with Crippen LogP contribution in [0.3, 0.4) is 0 Å². The van der Waals surface area contributed by atoms with Crippen molar-refractivity contribution in [3.63, 3.8) is 0 Å². The Morgan fingerprint density at radius 2 is 1.82 bits per heavy atom. The molecule has 0 spiro atoms. The monoisotopic (exact) mass is 246 g/mol. The van der Waals surface area contributed by atoms with E-state index in [1.54, 1.807) is 6.92 Å². The second kappa shape index (κ2) is 7.65. The maximum absolute atomic E-state index is 11.3. The van der Waals surface area contributed by atoms with Crippen molar-refractivity contribution in [2.24, 2.45) is 5.92 Å². The number of methoxy groups -OCH3 is 1. The van der Waals surface area contributed by atoms with Crippen LogP contribution in [0.15, 0.2) is 0 Å². The molecule has 17 heavy (non-hydrogen) atoms. The lowest BCUT2D eigenvalue weighted by atomic mass is 10.0. The minimum atomic E-state index is -0.862. The summed E-state index contributed by atoms with van der Waals surface area (Å²) >= 11 is 0. The number of carbonyl (C=O) groups is 3. The van der Waals surface area contributed by atoms with E-state index in [9.17, 15) is 14.4 Å². The Morgan fingerprint density at radius 3 is 2.24 bits per heavy atom. The second-order valence-electron chi connectivity index (χ2n) is 3.47. The van der Waals surface area contributed by atoms with E-state index >= 15 is 0 Å². The molecule has 0 aliphatic rings. The Labute approximate surface area is 100 Å². The topological polar surface area (TPSA) is 78.9 Å². The smallest absolute Gasteiger partial charge is 0.312 e. The van der Waals surface area contributed by atoms with Crippen LogP contribution in [0, 0.1) is 5.92 Å². The van der Waals surface area contributed by atoms with Gasteiger partial charge in [-0.25, -0.2) is 0 Å². The van der Waals surface area contributed by atoms with Crippen LogP contribution < -0.4 is 0 Å². The third kappa shape index (κ3) is 5.89. The summed E-state index contributed by atoms with van der Waals surface area (Å²) in [6, 6.07) is 0. The van der Waals surface area contributed by atoms with Crippen LogP contribution in [0.2, 0.25) is 0 Å². The van der Waals surface area contributed by atoms with Crippen molar-refractivity contribution < 1.29 is 28.6 Å². The predicted octanol–water partition coefficient (Wildman–Crippen LogP) is 0.680. The number of ether oxygens (including phenoxy) is 3. The zero-order valence-corrected chi connectivity index (χ0v) is 10.5. The quantitative estimate of drug-likeness (QED) is 0.506. The normalized spacial score (nSPS) is 13.4. The molecular formula is C11H18O6. The third-order valence-electron chi connectivity index (χ3n) is 2.12. The zero-order chi connectivity index (χ0) is 13.4. The van der Waals surface area contributed by atoms with Crippen molar-refractivity contribution >= 4 is 17.9 Å². The van der Waals surface area contributed by atoms with Crippen molar-refractivity contribution in [1.82, 2.24) is 0 Å². The zero-order valence-electron chi connectivity index (χ0n) is 10.5. The van der Waals surface area contributed by atoms with Crippen molar-refractivity contribution in [3.8, 4) is 0 Å². The van der Waals surface area contributed by atoms with Crippen LogP contribution in [-0.2, 0) is 28.6 Å². The van der Waals surface area contributed by atoms with E-state index < -0.39 is 29.9 Å². The van der Waals surface area contributed by atoms with Crippen LogP contribution in [0.1, 0.15) is 27.2 Å². The molecule has 0 radical (unpaired) electrons. The summed E-state index contributed by atoms with van der Waals surface area (Å²) in [4.78, 5) is 33.5. The van der Waals surface area contributed by atoms with Gasteiger partial charge in [-0.3, -0.25) is 14.4 Å². The minimum absolute atomic E-state index is 0.163. The van der Waals surface area contributed by atoms with Crippen LogP contribution in [0.25, 0.3) is 0 Å². The molecule has 0 fully saturated rings. The SMILES string of the molecule is CCOC(=O)C[C@H](OC(C)=O)[C@H](C)C(=O)OC. The standard InChI is InChI=1S/C11H18O6/c1-5-16-10(13)6-9(17-8(3)12)7(2)11(14)15-4/h7,9H,5-6H2,1-4H3/t7-,9-/m0/s1. The Kier molecular flexibility index (Phi) is 6.93. The molecule has 0 aromatic heterocycles. The molecule has 6 heteroatoms. The molecule has 6 nitrogen and oxygen atoms in total. The van der Waals surface area contributed by atoms with Gasteiger partial charge in [0.05, 0.1) is 26.1 Å². The highest BCUT2D eigenvalue weighted by atomic mass is 16.6. The van der Waals surface area contributed by atoms with E-state index in [4.69, 9.17) is 9.47 Å².